The van der Waals surface area contributed by atoms with Crippen molar-refractivity contribution < 1.29 is 0 Å². The molecular weight excluding hydrogens is 350 g/mol. The summed E-state index contributed by atoms with van der Waals surface area (Å²) in [4.78, 5) is 13.0. The number of aryl methyl sites for hydroxylation is 2. The molecule has 0 atom stereocenters. The zero-order chi connectivity index (χ0) is 19.5. The molecule has 0 fully saturated rings. The number of rotatable bonds is 5. The first-order valence-electron chi connectivity index (χ1n) is 9.34. The number of H-pyrrole nitrogens is 1. The molecule has 0 bridgehead atoms. The maximum absolute atomic E-state index is 13.0. The Kier molecular flexibility index (Phi) is 4.85. The van der Waals surface area contributed by atoms with Crippen molar-refractivity contribution in [1.29, 1.82) is 0 Å². The Morgan fingerprint density at radius 1 is 0.964 bits per heavy atom. The maximum atomic E-state index is 13.0. The molecule has 0 unspecified atom stereocenters. The topological polar surface area (TPSA) is 76.5 Å². The molecule has 0 aliphatic heterocycles. The van der Waals surface area contributed by atoms with E-state index in [0.29, 0.717) is 5.82 Å². The fourth-order valence-electron chi connectivity index (χ4n) is 3.57. The van der Waals surface area contributed by atoms with E-state index in [1.54, 1.807) is 6.07 Å². The van der Waals surface area contributed by atoms with Gasteiger partial charge in [-0.15, -0.1) is 10.2 Å². The number of nitrogens with zero attached hydrogens (tertiary/aromatic N) is 4. The van der Waals surface area contributed by atoms with Gasteiger partial charge in [0.2, 0.25) is 5.82 Å². The fourth-order valence-corrected chi connectivity index (χ4v) is 3.57. The van der Waals surface area contributed by atoms with Crippen LogP contribution in [0.2, 0.25) is 0 Å². The molecule has 140 valence electrons. The third kappa shape index (κ3) is 3.24. The number of pyridine rings is 1. The minimum Gasteiger partial charge on any atom is -0.281 e. The molecule has 28 heavy (non-hydrogen) atoms. The van der Waals surface area contributed by atoms with Crippen LogP contribution in [0.15, 0.2) is 65.5 Å². The first-order valence-corrected chi connectivity index (χ1v) is 9.34. The van der Waals surface area contributed by atoms with Gasteiger partial charge in [-0.3, -0.25) is 9.36 Å². The number of para-hydroxylation sites is 1. The predicted molar refractivity (Wildman–Crippen MR) is 109 cm³/mol. The van der Waals surface area contributed by atoms with Crippen molar-refractivity contribution in [2.75, 3.05) is 0 Å². The molecular formula is C22H21N5O. The third-order valence-corrected chi connectivity index (χ3v) is 4.71. The van der Waals surface area contributed by atoms with Crippen LogP contribution < -0.4 is 5.56 Å². The highest BCUT2D eigenvalue weighted by Gasteiger charge is 2.16. The summed E-state index contributed by atoms with van der Waals surface area (Å²) < 4.78 is 1.82. The van der Waals surface area contributed by atoms with Gasteiger partial charge < -0.3 is 0 Å². The molecule has 0 radical (unpaired) electrons. The van der Waals surface area contributed by atoms with Crippen LogP contribution in [-0.4, -0.2) is 25.2 Å². The van der Waals surface area contributed by atoms with Gasteiger partial charge in [0.1, 0.15) is 0 Å². The average molecular weight is 371 g/mol. The summed E-state index contributed by atoms with van der Waals surface area (Å²) in [5, 5.41) is 14.5. The van der Waals surface area contributed by atoms with Gasteiger partial charge >= 0.3 is 0 Å². The Morgan fingerprint density at radius 3 is 2.39 bits per heavy atom. The lowest BCUT2D eigenvalue weighted by atomic mass is 9.97. The Morgan fingerprint density at radius 2 is 1.68 bits per heavy atom. The van der Waals surface area contributed by atoms with E-state index in [1.165, 1.54) is 0 Å². The molecule has 0 amide bonds. The van der Waals surface area contributed by atoms with Crippen LogP contribution in [0.3, 0.4) is 0 Å². The molecule has 2 aromatic carbocycles. The molecule has 4 rings (SSSR count). The number of tetrazole rings is 1. The number of aromatic amines is 1. The predicted octanol–water partition coefficient (Wildman–Crippen LogP) is 3.95. The number of benzene rings is 2. The standard InChI is InChI=1S/C22H21N5O/c1-3-8-16-13-15(2)14-21(28)27(16)20-12-7-6-10-18(20)17-9-4-5-11-19(17)22-23-25-26-24-22/h4-7,9-14H,3,8H2,1-2H3,(H,23,24,25,26). The second-order valence-electron chi connectivity index (χ2n) is 6.75. The van der Waals surface area contributed by atoms with Gasteiger partial charge in [0, 0.05) is 22.9 Å². The SMILES string of the molecule is CCCc1cc(C)cc(=O)n1-c1ccccc1-c1ccccc1-c1nn[nH]n1. The molecule has 0 aliphatic carbocycles. The Labute approximate surface area is 162 Å². The molecule has 2 aromatic heterocycles. The summed E-state index contributed by atoms with van der Waals surface area (Å²) in [6.07, 6.45) is 1.79. The van der Waals surface area contributed by atoms with Crippen molar-refractivity contribution >= 4 is 0 Å². The summed E-state index contributed by atoms with van der Waals surface area (Å²) in [5.74, 6) is 0.524. The van der Waals surface area contributed by atoms with Crippen LogP contribution in [0.4, 0.5) is 0 Å². The summed E-state index contributed by atoms with van der Waals surface area (Å²) in [6.45, 7) is 4.08. The summed E-state index contributed by atoms with van der Waals surface area (Å²) in [7, 11) is 0. The Balaban J connectivity index is 1.98. The van der Waals surface area contributed by atoms with E-state index in [4.69, 9.17) is 0 Å². The molecule has 0 spiro atoms. The van der Waals surface area contributed by atoms with Crippen molar-refractivity contribution in [3.63, 3.8) is 0 Å². The van der Waals surface area contributed by atoms with Crippen molar-refractivity contribution in [3.8, 4) is 28.2 Å². The lowest BCUT2D eigenvalue weighted by Crippen LogP contribution is -2.22. The van der Waals surface area contributed by atoms with E-state index in [2.05, 4.69) is 33.6 Å². The molecule has 1 N–H and O–H groups in total. The quantitative estimate of drug-likeness (QED) is 0.576. The number of hydrogen-bond donors (Lipinski definition) is 1. The van der Waals surface area contributed by atoms with E-state index < -0.39 is 0 Å². The normalized spacial score (nSPS) is 10.9. The number of nitrogens with one attached hydrogen (secondary N) is 1. The molecule has 2 heterocycles. The highest BCUT2D eigenvalue weighted by molar-refractivity contribution is 5.84. The average Bonchev–Trinajstić information content (AvgIpc) is 3.23. The van der Waals surface area contributed by atoms with Gasteiger partial charge in [-0.25, -0.2) is 0 Å². The molecule has 6 heteroatoms. The van der Waals surface area contributed by atoms with Gasteiger partial charge in [-0.1, -0.05) is 55.8 Å². The minimum atomic E-state index is -0.0204. The van der Waals surface area contributed by atoms with E-state index in [-0.39, 0.29) is 5.56 Å². The summed E-state index contributed by atoms with van der Waals surface area (Å²) >= 11 is 0. The first kappa shape index (κ1) is 17.9. The van der Waals surface area contributed by atoms with Crippen LogP contribution >= 0.6 is 0 Å². The summed E-state index contributed by atoms with van der Waals surface area (Å²) in [6, 6.07) is 19.6. The van der Waals surface area contributed by atoms with Crippen molar-refractivity contribution in [1.82, 2.24) is 25.2 Å². The zero-order valence-electron chi connectivity index (χ0n) is 15.9. The van der Waals surface area contributed by atoms with Gasteiger partial charge in [0.05, 0.1) is 5.69 Å². The van der Waals surface area contributed by atoms with Crippen LogP contribution in [-0.2, 0) is 6.42 Å². The lowest BCUT2D eigenvalue weighted by molar-refractivity contribution is 0.808. The monoisotopic (exact) mass is 371 g/mol. The van der Waals surface area contributed by atoms with Crippen LogP contribution in [0.5, 0.6) is 0 Å². The van der Waals surface area contributed by atoms with E-state index in [0.717, 1.165) is 46.5 Å². The third-order valence-electron chi connectivity index (χ3n) is 4.71. The van der Waals surface area contributed by atoms with E-state index in [1.807, 2.05) is 60.0 Å². The van der Waals surface area contributed by atoms with Crippen LogP contribution in [0.1, 0.15) is 24.6 Å². The van der Waals surface area contributed by atoms with Crippen molar-refractivity contribution in [3.05, 3.63) is 82.3 Å². The van der Waals surface area contributed by atoms with Gasteiger partial charge in [-0.2, -0.15) is 5.21 Å². The van der Waals surface area contributed by atoms with Gasteiger partial charge in [0.15, 0.2) is 0 Å². The molecule has 0 saturated carbocycles. The van der Waals surface area contributed by atoms with Crippen LogP contribution in [0.25, 0.3) is 28.2 Å². The zero-order valence-corrected chi connectivity index (χ0v) is 15.9. The summed E-state index contributed by atoms with van der Waals surface area (Å²) in [5.41, 5.74) is 5.59. The van der Waals surface area contributed by atoms with Crippen LogP contribution in [0, 0.1) is 6.92 Å². The van der Waals surface area contributed by atoms with Crippen molar-refractivity contribution in [2.24, 2.45) is 0 Å². The molecule has 0 saturated heterocycles. The molecule has 4 aromatic rings. The number of aromatic nitrogens is 5. The Bertz CT molecular complexity index is 1160. The van der Waals surface area contributed by atoms with Crippen molar-refractivity contribution in [2.45, 2.75) is 26.7 Å². The smallest absolute Gasteiger partial charge is 0.255 e. The minimum absolute atomic E-state index is 0.0204. The molecule has 6 nitrogen and oxygen atoms in total. The fraction of sp³-hybridized carbons (Fsp3) is 0.182. The Hall–Kier alpha value is -3.54. The van der Waals surface area contributed by atoms with Gasteiger partial charge in [-0.05, 0) is 41.8 Å². The molecule has 0 aliphatic rings. The second-order valence-corrected chi connectivity index (χ2v) is 6.75. The van der Waals surface area contributed by atoms with E-state index >= 15 is 0 Å². The highest BCUT2D eigenvalue weighted by Crippen LogP contribution is 2.33. The maximum Gasteiger partial charge on any atom is 0.255 e. The second kappa shape index (κ2) is 7.60. The largest absolute Gasteiger partial charge is 0.281 e. The highest BCUT2D eigenvalue weighted by atomic mass is 16.1. The van der Waals surface area contributed by atoms with Gasteiger partial charge in [0.25, 0.3) is 5.56 Å². The van der Waals surface area contributed by atoms with E-state index in [9.17, 15) is 4.79 Å². The number of hydrogen-bond acceptors (Lipinski definition) is 4. The first-order chi connectivity index (χ1) is 13.7. The lowest BCUT2D eigenvalue weighted by Gasteiger charge is -2.18.